The van der Waals surface area contributed by atoms with Crippen LogP contribution in [0.2, 0.25) is 18.1 Å². The van der Waals surface area contributed by atoms with Crippen LogP contribution in [0, 0.1) is 0 Å². The molecule has 0 aliphatic carbocycles. The van der Waals surface area contributed by atoms with Crippen LogP contribution in [0.4, 0.5) is 0 Å². The highest BCUT2D eigenvalue weighted by atomic mass is 35.5. The SMILES string of the molecule is CC(C)(CCl)O[Si](C)(C)C(C)(C)C. The van der Waals surface area contributed by atoms with E-state index in [0.717, 1.165) is 0 Å². The summed E-state index contributed by atoms with van der Waals surface area (Å²) in [5, 5.41) is 0.260. The van der Waals surface area contributed by atoms with Crippen molar-refractivity contribution in [2.45, 2.75) is 58.4 Å². The molecule has 1 nitrogen and oxygen atoms in total. The summed E-state index contributed by atoms with van der Waals surface area (Å²) in [5.74, 6) is 0.555. The zero-order chi connectivity index (χ0) is 10.9. The summed E-state index contributed by atoms with van der Waals surface area (Å²) in [7, 11) is -1.65. The molecule has 0 amide bonds. The predicted octanol–water partition coefficient (Wildman–Crippen LogP) is 4.03. The molecule has 0 rings (SSSR count). The largest absolute Gasteiger partial charge is 0.411 e. The van der Waals surface area contributed by atoms with Crippen molar-refractivity contribution in [3.63, 3.8) is 0 Å². The Kier molecular flexibility index (Phi) is 4.05. The van der Waals surface area contributed by atoms with Gasteiger partial charge in [-0.15, -0.1) is 11.6 Å². The average Bonchev–Trinajstić information content (AvgIpc) is 1.83. The summed E-state index contributed by atoms with van der Waals surface area (Å²) < 4.78 is 6.15. The number of hydrogen-bond acceptors (Lipinski definition) is 1. The van der Waals surface area contributed by atoms with Crippen LogP contribution in [-0.2, 0) is 4.43 Å². The van der Waals surface area contributed by atoms with Gasteiger partial charge in [0.2, 0.25) is 0 Å². The number of rotatable bonds is 3. The van der Waals surface area contributed by atoms with Crippen molar-refractivity contribution in [3.8, 4) is 0 Å². The molecule has 0 fully saturated rings. The van der Waals surface area contributed by atoms with Gasteiger partial charge in [-0.3, -0.25) is 0 Å². The minimum absolute atomic E-state index is 0.190. The fourth-order valence-electron chi connectivity index (χ4n) is 0.871. The maximum Gasteiger partial charge on any atom is 0.192 e. The van der Waals surface area contributed by atoms with E-state index in [2.05, 4.69) is 47.7 Å². The second kappa shape index (κ2) is 3.91. The second-order valence-electron chi connectivity index (χ2n) is 5.76. The summed E-state index contributed by atoms with van der Waals surface area (Å²) in [5.41, 5.74) is -0.190. The molecule has 13 heavy (non-hydrogen) atoms. The summed E-state index contributed by atoms with van der Waals surface area (Å²) in [6.45, 7) is 15.3. The van der Waals surface area contributed by atoms with E-state index < -0.39 is 8.32 Å². The van der Waals surface area contributed by atoms with E-state index in [-0.39, 0.29) is 10.6 Å². The Morgan fingerprint density at radius 2 is 1.46 bits per heavy atom. The molecule has 0 aliphatic rings. The molecule has 0 aliphatic heterocycles. The number of alkyl halides is 1. The molecule has 0 aromatic heterocycles. The third-order valence-corrected chi connectivity index (χ3v) is 7.98. The van der Waals surface area contributed by atoms with E-state index in [4.69, 9.17) is 16.0 Å². The van der Waals surface area contributed by atoms with Crippen LogP contribution in [0.15, 0.2) is 0 Å². The highest BCUT2D eigenvalue weighted by Crippen LogP contribution is 2.39. The molecule has 80 valence electrons. The summed E-state index contributed by atoms with van der Waals surface area (Å²) in [4.78, 5) is 0. The van der Waals surface area contributed by atoms with Crippen molar-refractivity contribution in [1.82, 2.24) is 0 Å². The molecule has 0 bridgehead atoms. The lowest BCUT2D eigenvalue weighted by atomic mass is 10.2. The third-order valence-electron chi connectivity index (χ3n) is 2.66. The van der Waals surface area contributed by atoms with Crippen molar-refractivity contribution in [2.24, 2.45) is 0 Å². The minimum Gasteiger partial charge on any atom is -0.411 e. The molecule has 0 saturated heterocycles. The summed E-state index contributed by atoms with van der Waals surface area (Å²) >= 11 is 5.85. The van der Waals surface area contributed by atoms with E-state index in [0.29, 0.717) is 5.88 Å². The van der Waals surface area contributed by atoms with Crippen LogP contribution in [0.1, 0.15) is 34.6 Å². The highest BCUT2D eigenvalue weighted by molar-refractivity contribution is 6.74. The number of hydrogen-bond donors (Lipinski definition) is 0. The topological polar surface area (TPSA) is 9.23 Å². The van der Waals surface area contributed by atoms with Crippen molar-refractivity contribution in [2.75, 3.05) is 5.88 Å². The van der Waals surface area contributed by atoms with Crippen LogP contribution in [0.5, 0.6) is 0 Å². The minimum atomic E-state index is -1.65. The Balaban J connectivity index is 4.52. The van der Waals surface area contributed by atoms with Gasteiger partial charge in [0.05, 0.1) is 5.60 Å². The quantitative estimate of drug-likeness (QED) is 0.518. The van der Waals surface area contributed by atoms with Crippen LogP contribution < -0.4 is 0 Å². The fraction of sp³-hybridized carbons (Fsp3) is 1.00. The third kappa shape index (κ3) is 4.01. The first kappa shape index (κ1) is 13.5. The van der Waals surface area contributed by atoms with Gasteiger partial charge in [0.25, 0.3) is 0 Å². The van der Waals surface area contributed by atoms with Crippen molar-refractivity contribution in [3.05, 3.63) is 0 Å². The zero-order valence-electron chi connectivity index (χ0n) is 9.99. The first-order chi connectivity index (χ1) is 5.52. The predicted molar refractivity (Wildman–Crippen MR) is 63.1 cm³/mol. The van der Waals surface area contributed by atoms with E-state index in [9.17, 15) is 0 Å². The Hall–Kier alpha value is 0.467. The van der Waals surface area contributed by atoms with Gasteiger partial charge in [0.15, 0.2) is 8.32 Å². The van der Waals surface area contributed by atoms with Gasteiger partial charge in [-0.2, -0.15) is 0 Å². The summed E-state index contributed by atoms with van der Waals surface area (Å²) in [6.07, 6.45) is 0. The highest BCUT2D eigenvalue weighted by Gasteiger charge is 2.40. The molecule has 0 heterocycles. The first-order valence-corrected chi connectivity index (χ1v) is 8.22. The second-order valence-corrected chi connectivity index (χ2v) is 10.7. The van der Waals surface area contributed by atoms with E-state index >= 15 is 0 Å². The maximum absolute atomic E-state index is 6.15. The van der Waals surface area contributed by atoms with Gasteiger partial charge in [0.1, 0.15) is 0 Å². The molecule has 0 N–H and O–H groups in total. The Morgan fingerprint density at radius 1 is 1.08 bits per heavy atom. The Bertz CT molecular complexity index is 170. The van der Waals surface area contributed by atoms with Gasteiger partial charge in [-0.05, 0) is 32.0 Å². The molecular formula is C10H23ClOSi. The molecule has 0 radical (unpaired) electrons. The Labute approximate surface area is 88.9 Å². The summed E-state index contributed by atoms with van der Waals surface area (Å²) in [6, 6.07) is 0. The molecule has 0 unspecified atom stereocenters. The van der Waals surface area contributed by atoms with Crippen LogP contribution >= 0.6 is 11.6 Å². The van der Waals surface area contributed by atoms with Gasteiger partial charge >= 0.3 is 0 Å². The standard InChI is InChI=1S/C10H23ClOSi/c1-9(2,3)13(6,7)12-10(4,5)8-11/h8H2,1-7H3. The van der Waals surface area contributed by atoms with Crippen LogP contribution in [0.25, 0.3) is 0 Å². The van der Waals surface area contributed by atoms with E-state index in [1.54, 1.807) is 0 Å². The van der Waals surface area contributed by atoms with Gasteiger partial charge in [0, 0.05) is 5.88 Å². The molecule has 0 saturated carbocycles. The number of halogens is 1. The van der Waals surface area contributed by atoms with Crippen molar-refractivity contribution >= 4 is 19.9 Å². The lowest BCUT2D eigenvalue weighted by Crippen LogP contribution is -2.48. The Morgan fingerprint density at radius 3 is 1.69 bits per heavy atom. The monoisotopic (exact) mass is 222 g/mol. The molecule has 0 spiro atoms. The van der Waals surface area contributed by atoms with Crippen molar-refractivity contribution < 1.29 is 4.43 Å². The van der Waals surface area contributed by atoms with Crippen molar-refractivity contribution in [1.29, 1.82) is 0 Å². The first-order valence-electron chi connectivity index (χ1n) is 4.78. The molecule has 0 aromatic rings. The molecule has 3 heteroatoms. The van der Waals surface area contributed by atoms with Crippen LogP contribution in [-0.4, -0.2) is 19.8 Å². The molecule has 0 atom stereocenters. The van der Waals surface area contributed by atoms with E-state index in [1.165, 1.54) is 0 Å². The smallest absolute Gasteiger partial charge is 0.192 e. The normalized spacial score (nSPS) is 14.8. The lowest BCUT2D eigenvalue weighted by Gasteiger charge is -2.42. The molecular weight excluding hydrogens is 200 g/mol. The maximum atomic E-state index is 6.15. The van der Waals surface area contributed by atoms with Gasteiger partial charge in [-0.25, -0.2) is 0 Å². The zero-order valence-corrected chi connectivity index (χ0v) is 11.7. The lowest BCUT2D eigenvalue weighted by molar-refractivity contribution is 0.115. The van der Waals surface area contributed by atoms with Gasteiger partial charge in [-0.1, -0.05) is 20.8 Å². The van der Waals surface area contributed by atoms with Crippen LogP contribution in [0.3, 0.4) is 0 Å². The average molecular weight is 223 g/mol. The van der Waals surface area contributed by atoms with E-state index in [1.807, 2.05) is 0 Å². The molecule has 0 aromatic carbocycles. The fourth-order valence-corrected chi connectivity index (χ4v) is 2.78. The van der Waals surface area contributed by atoms with Gasteiger partial charge < -0.3 is 4.43 Å².